The number of hydrogen-bond acceptors (Lipinski definition) is 7. The quantitative estimate of drug-likeness (QED) is 0.564. The van der Waals surface area contributed by atoms with Crippen molar-refractivity contribution in [1.82, 2.24) is 15.3 Å². The van der Waals surface area contributed by atoms with Gasteiger partial charge in [-0.3, -0.25) is 4.79 Å². The fraction of sp³-hybridized carbons (Fsp3) is 0.190. The van der Waals surface area contributed by atoms with Gasteiger partial charge in [0.25, 0.3) is 5.91 Å². The number of hydrogen-bond donors (Lipinski definition) is 1. The van der Waals surface area contributed by atoms with Crippen LogP contribution in [0.15, 0.2) is 53.8 Å². The van der Waals surface area contributed by atoms with Gasteiger partial charge in [-0.25, -0.2) is 18.4 Å². The lowest BCUT2D eigenvalue weighted by Crippen LogP contribution is -2.25. The van der Waals surface area contributed by atoms with Gasteiger partial charge in [-0.05, 0) is 35.7 Å². The predicted molar refractivity (Wildman–Crippen MR) is 113 cm³/mol. The van der Waals surface area contributed by atoms with Crippen LogP contribution >= 0.6 is 11.6 Å². The van der Waals surface area contributed by atoms with Crippen molar-refractivity contribution in [2.45, 2.75) is 24.4 Å². The highest BCUT2D eigenvalue weighted by molar-refractivity contribution is 7.90. The molecule has 1 aliphatic rings. The number of nitrogens with one attached hydrogen (secondary N) is 1. The number of aryl methyl sites for hydroxylation is 1. The van der Waals surface area contributed by atoms with Crippen LogP contribution in [0.25, 0.3) is 0 Å². The number of nitrogens with zero attached hydrogens (tertiary/aromatic N) is 2. The highest BCUT2D eigenvalue weighted by atomic mass is 35.5. The summed E-state index contributed by atoms with van der Waals surface area (Å²) in [6, 6.07) is 12.4. The normalized spacial score (nSPS) is 12.6. The molecule has 31 heavy (non-hydrogen) atoms. The third-order valence-corrected chi connectivity index (χ3v) is 6.43. The smallest absolute Gasteiger partial charge is 0.271 e. The summed E-state index contributed by atoms with van der Waals surface area (Å²) >= 11 is 6.07. The van der Waals surface area contributed by atoms with Crippen LogP contribution in [0.2, 0.25) is 5.02 Å². The third-order valence-electron chi connectivity index (χ3n) is 4.71. The molecule has 10 heteroatoms. The van der Waals surface area contributed by atoms with E-state index in [1.54, 1.807) is 30.3 Å². The molecule has 1 aliphatic heterocycles. The summed E-state index contributed by atoms with van der Waals surface area (Å²) in [7, 11) is -3.87. The molecule has 1 amide bonds. The fourth-order valence-corrected chi connectivity index (χ4v) is 4.50. The molecule has 2 aromatic carbocycles. The van der Waals surface area contributed by atoms with Gasteiger partial charge in [0.1, 0.15) is 0 Å². The Hall–Kier alpha value is -3.17. The van der Waals surface area contributed by atoms with Crippen LogP contribution in [0, 0.1) is 6.92 Å². The second-order valence-corrected chi connectivity index (χ2v) is 9.20. The summed E-state index contributed by atoms with van der Waals surface area (Å²) < 4.78 is 36.2. The maximum atomic E-state index is 12.8. The molecule has 0 spiro atoms. The summed E-state index contributed by atoms with van der Waals surface area (Å²) in [6.45, 7) is 2.14. The lowest BCUT2D eigenvalue weighted by atomic mass is 10.1. The lowest BCUT2D eigenvalue weighted by Gasteiger charge is -2.09. The first-order chi connectivity index (χ1) is 14.8. The van der Waals surface area contributed by atoms with Gasteiger partial charge in [0.2, 0.25) is 21.8 Å². The number of benzene rings is 2. The molecular formula is C21H18ClN3O5S. The Morgan fingerprint density at radius 1 is 1.16 bits per heavy atom. The number of rotatable bonds is 6. The minimum absolute atomic E-state index is 0.0435. The maximum absolute atomic E-state index is 12.8. The van der Waals surface area contributed by atoms with Crippen LogP contribution in [0.5, 0.6) is 11.5 Å². The Bertz CT molecular complexity index is 1260. The molecule has 0 saturated heterocycles. The number of halogens is 1. The number of carbonyl (C=O) groups excluding carboxylic acids is 1. The van der Waals surface area contributed by atoms with Crippen molar-refractivity contribution in [3.8, 4) is 11.5 Å². The first-order valence-corrected chi connectivity index (χ1v) is 11.3. The summed E-state index contributed by atoms with van der Waals surface area (Å²) in [4.78, 5) is 20.4. The number of sulfone groups is 1. The molecule has 0 unspecified atom stereocenters. The van der Waals surface area contributed by atoms with Crippen LogP contribution in [0.1, 0.15) is 27.2 Å². The zero-order chi connectivity index (χ0) is 22.0. The fourth-order valence-electron chi connectivity index (χ4n) is 3.02. The van der Waals surface area contributed by atoms with Gasteiger partial charge in [0.15, 0.2) is 17.2 Å². The zero-order valence-corrected chi connectivity index (χ0v) is 18.0. The van der Waals surface area contributed by atoms with Crippen LogP contribution in [0.3, 0.4) is 0 Å². The molecule has 0 saturated carbocycles. The van der Waals surface area contributed by atoms with E-state index in [4.69, 9.17) is 21.1 Å². The molecule has 0 radical (unpaired) electrons. The third kappa shape index (κ3) is 4.62. The van der Waals surface area contributed by atoms with E-state index in [2.05, 4.69) is 15.3 Å². The standard InChI is InChI=1S/C21H18ClN3O5S/c1-13-4-2-3-5-15(13)11-31(27,28)21-24-10-16(22)19(25-21)20(26)23-9-14-6-7-17-18(8-14)30-12-29-17/h2-8,10H,9,11-12H2,1H3,(H,23,26). The number of carbonyl (C=O) groups is 1. The number of ether oxygens (including phenoxy) is 2. The van der Waals surface area contributed by atoms with E-state index < -0.39 is 20.9 Å². The minimum atomic E-state index is -3.87. The van der Waals surface area contributed by atoms with Gasteiger partial charge in [0, 0.05) is 6.54 Å². The summed E-state index contributed by atoms with van der Waals surface area (Å²) in [5.74, 6) is 0.339. The maximum Gasteiger partial charge on any atom is 0.271 e. The molecule has 3 aromatic rings. The van der Waals surface area contributed by atoms with E-state index in [0.29, 0.717) is 17.1 Å². The summed E-state index contributed by atoms with van der Waals surface area (Å²) in [6.07, 6.45) is 1.12. The van der Waals surface area contributed by atoms with Gasteiger partial charge < -0.3 is 14.8 Å². The van der Waals surface area contributed by atoms with Crippen molar-refractivity contribution in [1.29, 1.82) is 0 Å². The summed E-state index contributed by atoms with van der Waals surface area (Å²) in [5, 5.41) is 2.19. The number of amides is 1. The Kier molecular flexibility index (Phi) is 5.79. The lowest BCUT2D eigenvalue weighted by molar-refractivity contribution is 0.0945. The first kappa shape index (κ1) is 21.1. The van der Waals surface area contributed by atoms with Crippen molar-refractivity contribution < 1.29 is 22.7 Å². The Balaban J connectivity index is 1.51. The Morgan fingerprint density at radius 3 is 2.74 bits per heavy atom. The largest absolute Gasteiger partial charge is 0.454 e. The Morgan fingerprint density at radius 2 is 1.94 bits per heavy atom. The molecule has 0 fully saturated rings. The van der Waals surface area contributed by atoms with Gasteiger partial charge in [-0.15, -0.1) is 0 Å². The van der Waals surface area contributed by atoms with Crippen molar-refractivity contribution in [2.75, 3.05) is 6.79 Å². The highest BCUT2D eigenvalue weighted by Gasteiger charge is 2.23. The van der Waals surface area contributed by atoms with Crippen molar-refractivity contribution in [2.24, 2.45) is 0 Å². The van der Waals surface area contributed by atoms with Gasteiger partial charge in [-0.2, -0.15) is 0 Å². The minimum Gasteiger partial charge on any atom is -0.454 e. The predicted octanol–water partition coefficient (Wildman–Crippen LogP) is 3.07. The van der Waals surface area contributed by atoms with E-state index in [1.807, 2.05) is 19.1 Å². The molecule has 1 aromatic heterocycles. The molecule has 160 valence electrons. The summed E-state index contributed by atoms with van der Waals surface area (Å²) in [5.41, 5.74) is 2.03. The van der Waals surface area contributed by atoms with E-state index >= 15 is 0 Å². The number of aromatic nitrogens is 2. The molecule has 8 nitrogen and oxygen atoms in total. The average molecular weight is 460 g/mol. The molecule has 2 heterocycles. The molecule has 0 aliphatic carbocycles. The van der Waals surface area contributed by atoms with Crippen LogP contribution in [-0.4, -0.2) is 31.1 Å². The van der Waals surface area contributed by atoms with Gasteiger partial charge in [0.05, 0.1) is 17.0 Å². The van der Waals surface area contributed by atoms with Gasteiger partial charge in [-0.1, -0.05) is 41.9 Å². The molecule has 1 N–H and O–H groups in total. The van der Waals surface area contributed by atoms with E-state index in [9.17, 15) is 13.2 Å². The number of fused-ring (bicyclic) bond motifs is 1. The Labute approximate surface area is 184 Å². The SMILES string of the molecule is Cc1ccccc1CS(=O)(=O)c1ncc(Cl)c(C(=O)NCc2ccc3c(c2)OCO3)n1. The van der Waals surface area contributed by atoms with Crippen molar-refractivity contribution in [3.05, 3.63) is 76.1 Å². The van der Waals surface area contributed by atoms with E-state index in [1.165, 1.54) is 0 Å². The van der Waals surface area contributed by atoms with E-state index in [-0.39, 0.29) is 29.8 Å². The monoisotopic (exact) mass is 459 g/mol. The van der Waals surface area contributed by atoms with Crippen LogP contribution in [0.4, 0.5) is 0 Å². The van der Waals surface area contributed by atoms with Crippen LogP contribution < -0.4 is 14.8 Å². The first-order valence-electron chi connectivity index (χ1n) is 9.30. The van der Waals surface area contributed by atoms with Crippen molar-refractivity contribution in [3.63, 3.8) is 0 Å². The molecule has 4 rings (SSSR count). The van der Waals surface area contributed by atoms with E-state index in [0.717, 1.165) is 17.3 Å². The highest BCUT2D eigenvalue weighted by Crippen LogP contribution is 2.32. The topological polar surface area (TPSA) is 107 Å². The molecule has 0 atom stereocenters. The molecular weight excluding hydrogens is 442 g/mol. The average Bonchev–Trinajstić information content (AvgIpc) is 3.21. The second-order valence-electron chi connectivity index (χ2n) is 6.90. The zero-order valence-electron chi connectivity index (χ0n) is 16.5. The van der Waals surface area contributed by atoms with Crippen LogP contribution in [-0.2, 0) is 22.1 Å². The molecule has 0 bridgehead atoms. The van der Waals surface area contributed by atoms with Gasteiger partial charge >= 0.3 is 0 Å². The van der Waals surface area contributed by atoms with Crippen molar-refractivity contribution >= 4 is 27.3 Å². The second kappa shape index (κ2) is 8.52.